The molecule has 2 fully saturated rings. The van der Waals surface area contributed by atoms with Crippen LogP contribution in [0.2, 0.25) is 0 Å². The van der Waals surface area contributed by atoms with Crippen molar-refractivity contribution in [2.75, 3.05) is 0 Å². The lowest BCUT2D eigenvalue weighted by Gasteiger charge is -2.51. The molecule has 0 atom stereocenters. The Kier molecular flexibility index (Phi) is 6.82. The summed E-state index contributed by atoms with van der Waals surface area (Å²) in [6.07, 6.45) is 1.03. The average Bonchev–Trinajstić information content (AvgIpc) is 2.64. The smallest absolute Gasteiger partial charge is 0.302 e. The minimum atomic E-state index is -3.71. The van der Waals surface area contributed by atoms with Gasteiger partial charge in [0, 0.05) is 22.2 Å². The molecule has 0 amide bonds. The molecule has 2 radical (unpaired) electrons. The lowest BCUT2D eigenvalue weighted by atomic mass is 9.80. The summed E-state index contributed by atoms with van der Waals surface area (Å²) in [5, 5.41) is 28.3. The third kappa shape index (κ3) is 5.15. The van der Waals surface area contributed by atoms with E-state index in [1.165, 1.54) is 0 Å². The van der Waals surface area contributed by atoms with E-state index in [2.05, 4.69) is 0 Å². The summed E-state index contributed by atoms with van der Waals surface area (Å²) >= 11 is 0. The molecule has 0 N–H and O–H groups in total. The molecule has 3 rings (SSSR count). The van der Waals surface area contributed by atoms with Gasteiger partial charge in [0.2, 0.25) is 0 Å². The predicted molar refractivity (Wildman–Crippen MR) is 123 cm³/mol. The van der Waals surface area contributed by atoms with Gasteiger partial charge in [0.05, 0.1) is 17.5 Å². The fourth-order valence-electron chi connectivity index (χ4n) is 5.64. The van der Waals surface area contributed by atoms with Crippen molar-refractivity contribution >= 4 is 12.9 Å². The van der Waals surface area contributed by atoms with Crippen LogP contribution in [0.15, 0.2) is 30.3 Å². The Labute approximate surface area is 193 Å². The van der Waals surface area contributed by atoms with Crippen LogP contribution in [0.5, 0.6) is 0 Å². The van der Waals surface area contributed by atoms with E-state index < -0.39 is 42.0 Å². The summed E-state index contributed by atoms with van der Waals surface area (Å²) < 4.78 is 27.0. The molecule has 0 unspecified atom stereocenters. The first-order valence-electron chi connectivity index (χ1n) is 11.5. The summed E-state index contributed by atoms with van der Waals surface area (Å²) in [5.41, 5.74) is -2.59. The molecule has 180 valence electrons. The largest absolute Gasteiger partial charge is 0.361 e. The molecule has 32 heavy (non-hydrogen) atoms. The van der Waals surface area contributed by atoms with E-state index in [-0.39, 0.29) is 0 Å². The molecule has 1 aromatic carbocycles. The lowest BCUT2D eigenvalue weighted by Crippen LogP contribution is -2.60. The van der Waals surface area contributed by atoms with Crippen molar-refractivity contribution in [3.05, 3.63) is 30.3 Å². The first-order chi connectivity index (χ1) is 14.5. The molecule has 0 spiro atoms. The van der Waals surface area contributed by atoms with Gasteiger partial charge < -0.3 is 9.05 Å². The highest BCUT2D eigenvalue weighted by Gasteiger charge is 2.51. The van der Waals surface area contributed by atoms with E-state index in [9.17, 15) is 15.0 Å². The van der Waals surface area contributed by atoms with E-state index in [1.54, 1.807) is 12.1 Å². The molecule has 8 heteroatoms. The zero-order chi connectivity index (χ0) is 24.2. The van der Waals surface area contributed by atoms with Crippen LogP contribution in [0.25, 0.3) is 0 Å². The molecule has 0 saturated carbocycles. The number of rotatable bonds is 5. The Balaban J connectivity index is 1.91. The van der Waals surface area contributed by atoms with E-state index in [1.807, 2.05) is 73.6 Å². The molecule has 7 nitrogen and oxygen atoms in total. The number of hydrogen-bond donors (Lipinski definition) is 0. The number of benzene rings is 1. The van der Waals surface area contributed by atoms with Gasteiger partial charge in [0.25, 0.3) is 0 Å². The van der Waals surface area contributed by atoms with Gasteiger partial charge in [-0.05, 0) is 93.2 Å². The molecule has 2 heterocycles. The third-order valence-corrected chi connectivity index (χ3v) is 8.84. The predicted octanol–water partition coefficient (Wildman–Crippen LogP) is 5.27. The second-order valence-electron chi connectivity index (χ2n) is 11.9. The maximum absolute atomic E-state index is 14.3. The van der Waals surface area contributed by atoms with Crippen LogP contribution in [0.3, 0.4) is 0 Å². The van der Waals surface area contributed by atoms with Gasteiger partial charge in [-0.1, -0.05) is 18.2 Å². The summed E-state index contributed by atoms with van der Waals surface area (Å²) in [5.74, 6) is 0. The number of hydroxylamine groups is 4. The van der Waals surface area contributed by atoms with Crippen LogP contribution in [0.4, 0.5) is 0 Å². The van der Waals surface area contributed by atoms with Crippen LogP contribution in [0.1, 0.15) is 81.1 Å². The number of nitrogens with zero attached hydrogens (tertiary/aromatic N) is 2. The Bertz CT molecular complexity index is 771. The van der Waals surface area contributed by atoms with Crippen LogP contribution in [0, 0.1) is 0 Å². The average molecular weight is 467 g/mol. The maximum atomic E-state index is 14.3. The molecular weight excluding hydrogens is 427 g/mol. The molecule has 1 aromatic rings. The van der Waals surface area contributed by atoms with Gasteiger partial charge in [-0.2, -0.15) is 0 Å². The van der Waals surface area contributed by atoms with Crippen LogP contribution < -0.4 is 5.30 Å². The van der Waals surface area contributed by atoms with Crippen molar-refractivity contribution < 1.29 is 24.0 Å². The summed E-state index contributed by atoms with van der Waals surface area (Å²) in [6, 6.07) is 9.02. The summed E-state index contributed by atoms with van der Waals surface area (Å²) in [6.45, 7) is 15.1. The third-order valence-electron chi connectivity index (χ3n) is 6.76. The minimum Gasteiger partial charge on any atom is -0.302 e. The first-order valence-corrected chi connectivity index (χ1v) is 13.0. The Morgan fingerprint density at radius 1 is 0.688 bits per heavy atom. The Hall–Kier alpha value is -0.790. The zero-order valence-corrected chi connectivity index (χ0v) is 21.6. The standard InChI is InChI=1S/C24H39N2O5P/c1-21(2)14-18(15-22(3,4)25(21)27)30-32(29,20-12-10-9-11-13-20)31-19-16-23(5,6)26(28)24(7,8)17-19/h9-13,18-19H,14-17H2,1-8H3. The summed E-state index contributed by atoms with van der Waals surface area (Å²) in [4.78, 5) is 0. The van der Waals surface area contributed by atoms with Crippen LogP contribution in [-0.4, -0.2) is 44.5 Å². The van der Waals surface area contributed by atoms with Crippen molar-refractivity contribution in [2.45, 2.75) is 115 Å². The highest BCUT2D eigenvalue weighted by Crippen LogP contribution is 2.55. The van der Waals surface area contributed by atoms with Gasteiger partial charge in [-0.15, -0.1) is 20.5 Å². The topological polar surface area (TPSA) is 81.8 Å². The molecule has 0 aromatic heterocycles. The SMILES string of the molecule is CC1(C)CC(OP(=O)(OC2CC(C)(C)N([O])C(C)(C)C2)c2ccccc2)CC(C)(C)N1[O]. The van der Waals surface area contributed by atoms with E-state index >= 15 is 0 Å². The van der Waals surface area contributed by atoms with Crippen LogP contribution in [-0.2, 0) is 24.0 Å². The van der Waals surface area contributed by atoms with Crippen molar-refractivity contribution in [1.29, 1.82) is 0 Å². The fourth-order valence-corrected chi connectivity index (χ4v) is 7.56. The highest BCUT2D eigenvalue weighted by molar-refractivity contribution is 7.62. The van der Waals surface area contributed by atoms with Crippen molar-refractivity contribution in [3.8, 4) is 0 Å². The van der Waals surface area contributed by atoms with Crippen LogP contribution >= 0.6 is 7.60 Å². The van der Waals surface area contributed by atoms with Gasteiger partial charge in [0.15, 0.2) is 0 Å². The van der Waals surface area contributed by atoms with E-state index in [4.69, 9.17) is 9.05 Å². The van der Waals surface area contributed by atoms with Crippen molar-refractivity contribution in [2.24, 2.45) is 0 Å². The lowest BCUT2D eigenvalue weighted by molar-refractivity contribution is -0.299. The molecule has 2 saturated heterocycles. The van der Waals surface area contributed by atoms with Crippen molar-refractivity contribution in [1.82, 2.24) is 10.1 Å². The number of hydrogen-bond acceptors (Lipinski definition) is 5. The second-order valence-corrected chi connectivity index (χ2v) is 13.9. The van der Waals surface area contributed by atoms with Gasteiger partial charge in [-0.25, -0.2) is 0 Å². The van der Waals surface area contributed by atoms with Gasteiger partial charge >= 0.3 is 7.60 Å². The Morgan fingerprint density at radius 2 is 1.00 bits per heavy atom. The molecule has 0 aliphatic carbocycles. The van der Waals surface area contributed by atoms with Gasteiger partial charge in [-0.3, -0.25) is 4.57 Å². The van der Waals surface area contributed by atoms with Crippen molar-refractivity contribution in [3.63, 3.8) is 0 Å². The molecule has 0 bridgehead atoms. The molecular formula is C24H39N2O5P. The summed E-state index contributed by atoms with van der Waals surface area (Å²) in [7, 11) is -3.71. The zero-order valence-electron chi connectivity index (χ0n) is 20.8. The number of piperidine rings is 2. The normalized spacial score (nSPS) is 26.8. The van der Waals surface area contributed by atoms with E-state index in [0.29, 0.717) is 31.0 Å². The first kappa shape index (κ1) is 25.8. The fraction of sp³-hybridized carbons (Fsp3) is 0.750. The highest BCUT2D eigenvalue weighted by atomic mass is 31.2. The molecule has 2 aliphatic rings. The Morgan fingerprint density at radius 3 is 1.31 bits per heavy atom. The quantitative estimate of drug-likeness (QED) is 0.552. The second kappa shape index (κ2) is 8.46. The molecule has 2 aliphatic heterocycles. The minimum absolute atomic E-state index is 0.392. The maximum Gasteiger partial charge on any atom is 0.361 e. The van der Waals surface area contributed by atoms with E-state index in [0.717, 1.165) is 10.1 Å². The monoisotopic (exact) mass is 466 g/mol. The van der Waals surface area contributed by atoms with Gasteiger partial charge in [0.1, 0.15) is 0 Å².